The minimum Gasteiger partial charge on any atom is -0.482 e. The maximum atomic E-state index is 12.0. The van der Waals surface area contributed by atoms with Crippen molar-refractivity contribution in [1.82, 2.24) is 5.32 Å². The van der Waals surface area contributed by atoms with E-state index < -0.39 is 12.0 Å². The molecule has 7 nitrogen and oxygen atoms in total. The number of aliphatic hydroxyl groups is 1. The Labute approximate surface area is 136 Å². The smallest absolute Gasteiger partial charge is 0.325 e. The van der Waals surface area contributed by atoms with Gasteiger partial charge in [-0.15, -0.1) is 0 Å². The van der Waals surface area contributed by atoms with Gasteiger partial charge >= 0.3 is 5.97 Å². The van der Waals surface area contributed by atoms with E-state index in [1.54, 1.807) is 17.0 Å². The third-order valence-corrected chi connectivity index (χ3v) is 3.75. The van der Waals surface area contributed by atoms with Crippen LogP contribution in [0.5, 0.6) is 5.75 Å². The lowest BCUT2D eigenvalue weighted by Gasteiger charge is -2.30. The van der Waals surface area contributed by atoms with E-state index in [-0.39, 0.29) is 19.1 Å². The zero-order chi connectivity index (χ0) is 16.1. The number of benzene rings is 1. The Morgan fingerprint density at radius 3 is 3.05 bits per heavy atom. The molecule has 0 bridgehead atoms. The number of fused-ring (bicyclic) bond motifs is 1. The molecule has 1 atom stereocenters. The van der Waals surface area contributed by atoms with Crippen molar-refractivity contribution in [1.29, 1.82) is 0 Å². The Kier molecular flexibility index (Phi) is 5.76. The zero-order valence-electron chi connectivity index (χ0n) is 12.0. The normalized spacial score (nSPS) is 15.0. The van der Waals surface area contributed by atoms with Crippen molar-refractivity contribution in [2.75, 3.05) is 38.3 Å². The summed E-state index contributed by atoms with van der Waals surface area (Å²) in [5, 5.41) is 12.0. The van der Waals surface area contributed by atoms with Crippen LogP contribution in [0.15, 0.2) is 22.7 Å². The van der Waals surface area contributed by atoms with Crippen LogP contribution in [0.1, 0.15) is 0 Å². The number of carbonyl (C=O) groups is 2. The van der Waals surface area contributed by atoms with Crippen molar-refractivity contribution >= 4 is 33.5 Å². The highest BCUT2D eigenvalue weighted by molar-refractivity contribution is 9.10. The lowest BCUT2D eigenvalue weighted by molar-refractivity contribution is -0.144. The fourth-order valence-corrected chi connectivity index (χ4v) is 2.48. The van der Waals surface area contributed by atoms with E-state index in [0.29, 0.717) is 24.5 Å². The molecule has 0 aliphatic carbocycles. The summed E-state index contributed by atoms with van der Waals surface area (Å²) < 4.78 is 10.8. The van der Waals surface area contributed by atoms with E-state index in [4.69, 9.17) is 9.84 Å². The fourth-order valence-electron chi connectivity index (χ4n) is 2.14. The quantitative estimate of drug-likeness (QED) is 0.698. The monoisotopic (exact) mass is 372 g/mol. The Hall–Kier alpha value is -1.64. The number of carbonyl (C=O) groups excluding carboxylic acids is 2. The molecule has 22 heavy (non-hydrogen) atoms. The van der Waals surface area contributed by atoms with Crippen molar-refractivity contribution in [3.63, 3.8) is 0 Å². The molecule has 0 aromatic heterocycles. The van der Waals surface area contributed by atoms with Gasteiger partial charge in [0.05, 0.1) is 19.4 Å². The molecular formula is C14H17BrN2O5. The van der Waals surface area contributed by atoms with Crippen molar-refractivity contribution in [3.8, 4) is 5.75 Å². The Balaban J connectivity index is 2.01. The van der Waals surface area contributed by atoms with Crippen molar-refractivity contribution in [2.24, 2.45) is 0 Å². The Morgan fingerprint density at radius 1 is 1.59 bits per heavy atom. The first-order chi connectivity index (χ1) is 10.6. The first-order valence-corrected chi connectivity index (χ1v) is 7.51. The van der Waals surface area contributed by atoms with Gasteiger partial charge in [0, 0.05) is 17.6 Å². The van der Waals surface area contributed by atoms with Gasteiger partial charge in [-0.05, 0) is 18.2 Å². The predicted molar refractivity (Wildman–Crippen MR) is 82.9 cm³/mol. The molecule has 8 heteroatoms. The van der Waals surface area contributed by atoms with Crippen LogP contribution in [-0.2, 0) is 14.3 Å². The van der Waals surface area contributed by atoms with Crippen LogP contribution in [0.3, 0.4) is 0 Å². The molecule has 120 valence electrons. The fraction of sp³-hybridized carbons (Fsp3) is 0.429. The number of esters is 1. The molecule has 1 aliphatic rings. The van der Waals surface area contributed by atoms with Gasteiger partial charge in [-0.3, -0.25) is 9.59 Å². The molecule has 1 amide bonds. The van der Waals surface area contributed by atoms with Crippen LogP contribution in [0.2, 0.25) is 0 Å². The number of rotatable bonds is 6. The highest BCUT2D eigenvalue weighted by atomic mass is 79.9. The number of halogens is 1. The molecular weight excluding hydrogens is 356 g/mol. The molecule has 0 saturated carbocycles. The summed E-state index contributed by atoms with van der Waals surface area (Å²) in [6, 6.07) is 4.62. The summed E-state index contributed by atoms with van der Waals surface area (Å²) in [5.74, 6) is -0.0731. The van der Waals surface area contributed by atoms with Gasteiger partial charge in [-0.25, -0.2) is 0 Å². The summed E-state index contributed by atoms with van der Waals surface area (Å²) >= 11 is 3.36. The molecule has 1 heterocycles. The molecule has 1 aromatic carbocycles. The zero-order valence-corrected chi connectivity index (χ0v) is 13.6. The molecule has 0 saturated heterocycles. The number of aliphatic hydroxyl groups excluding tert-OH is 1. The predicted octanol–water partition coefficient (Wildman–Crippen LogP) is 0.298. The van der Waals surface area contributed by atoms with Crippen LogP contribution >= 0.6 is 15.9 Å². The Bertz CT molecular complexity index is 566. The van der Waals surface area contributed by atoms with E-state index in [1.807, 2.05) is 6.07 Å². The summed E-state index contributed by atoms with van der Waals surface area (Å²) in [5.41, 5.74) is 0.680. The maximum Gasteiger partial charge on any atom is 0.325 e. The molecule has 0 fully saturated rings. The average Bonchev–Trinajstić information content (AvgIpc) is 2.52. The summed E-state index contributed by atoms with van der Waals surface area (Å²) in [6.45, 7) is 0.295. The molecule has 1 aliphatic heterocycles. The van der Waals surface area contributed by atoms with Gasteiger partial charge in [0.25, 0.3) is 5.91 Å². The lowest BCUT2D eigenvalue weighted by atomic mass is 10.2. The SMILES string of the molecule is COC(=O)[C@H](CO)NCCN1C(=O)COc2cc(Br)ccc21. The lowest BCUT2D eigenvalue weighted by Crippen LogP contribution is -2.47. The molecule has 2 rings (SSSR count). The van der Waals surface area contributed by atoms with Crippen LogP contribution < -0.4 is 15.0 Å². The van der Waals surface area contributed by atoms with Gasteiger partial charge in [0.2, 0.25) is 0 Å². The van der Waals surface area contributed by atoms with E-state index in [2.05, 4.69) is 26.0 Å². The number of nitrogens with one attached hydrogen (secondary N) is 1. The number of amides is 1. The average molecular weight is 373 g/mol. The van der Waals surface area contributed by atoms with E-state index in [9.17, 15) is 9.59 Å². The number of ether oxygens (including phenoxy) is 2. The second-order valence-electron chi connectivity index (χ2n) is 4.66. The summed E-state index contributed by atoms with van der Waals surface area (Å²) in [7, 11) is 1.26. The van der Waals surface area contributed by atoms with Crippen molar-refractivity contribution < 1.29 is 24.2 Å². The number of nitrogens with zero attached hydrogens (tertiary/aromatic N) is 1. The summed E-state index contributed by atoms with van der Waals surface area (Å²) in [4.78, 5) is 25.0. The number of hydrogen-bond acceptors (Lipinski definition) is 6. The first-order valence-electron chi connectivity index (χ1n) is 6.71. The first kappa shape index (κ1) is 16.7. The van der Waals surface area contributed by atoms with Crippen LogP contribution in [0.4, 0.5) is 5.69 Å². The van der Waals surface area contributed by atoms with E-state index in [1.165, 1.54) is 7.11 Å². The highest BCUT2D eigenvalue weighted by Crippen LogP contribution is 2.34. The molecule has 2 N–H and O–H groups in total. The topological polar surface area (TPSA) is 88.1 Å². The third kappa shape index (κ3) is 3.76. The van der Waals surface area contributed by atoms with Gasteiger partial charge < -0.3 is 24.8 Å². The van der Waals surface area contributed by atoms with Crippen LogP contribution in [0.25, 0.3) is 0 Å². The second kappa shape index (κ2) is 7.57. The molecule has 0 unspecified atom stereocenters. The van der Waals surface area contributed by atoms with Gasteiger partial charge in [-0.1, -0.05) is 15.9 Å². The third-order valence-electron chi connectivity index (χ3n) is 3.26. The molecule has 0 radical (unpaired) electrons. The number of methoxy groups -OCH3 is 1. The number of anilines is 1. The molecule has 0 spiro atoms. The van der Waals surface area contributed by atoms with Crippen LogP contribution in [0, 0.1) is 0 Å². The van der Waals surface area contributed by atoms with E-state index in [0.717, 1.165) is 4.47 Å². The molecule has 1 aromatic rings. The van der Waals surface area contributed by atoms with Crippen molar-refractivity contribution in [3.05, 3.63) is 22.7 Å². The number of hydrogen-bond donors (Lipinski definition) is 2. The van der Waals surface area contributed by atoms with Gasteiger partial charge in [-0.2, -0.15) is 0 Å². The minimum absolute atomic E-state index is 0.0239. The van der Waals surface area contributed by atoms with Gasteiger partial charge in [0.15, 0.2) is 6.61 Å². The largest absolute Gasteiger partial charge is 0.482 e. The van der Waals surface area contributed by atoms with E-state index >= 15 is 0 Å². The minimum atomic E-state index is -0.800. The standard InChI is InChI=1S/C14H17BrN2O5/c1-21-14(20)10(7-18)16-4-5-17-11-3-2-9(15)6-12(11)22-8-13(17)19/h2-3,6,10,16,18H,4-5,7-8H2,1H3/t10-/m0/s1. The van der Waals surface area contributed by atoms with Crippen LogP contribution in [-0.4, -0.2) is 56.4 Å². The highest BCUT2D eigenvalue weighted by Gasteiger charge is 2.26. The van der Waals surface area contributed by atoms with Crippen molar-refractivity contribution in [2.45, 2.75) is 6.04 Å². The van der Waals surface area contributed by atoms with Gasteiger partial charge in [0.1, 0.15) is 11.8 Å². The maximum absolute atomic E-state index is 12.0. The Morgan fingerprint density at radius 2 is 2.36 bits per heavy atom. The second-order valence-corrected chi connectivity index (χ2v) is 5.57. The summed E-state index contributed by atoms with van der Waals surface area (Å²) in [6.07, 6.45) is 0.